The lowest BCUT2D eigenvalue weighted by molar-refractivity contribution is 0.794. The van der Waals surface area contributed by atoms with Gasteiger partial charge >= 0.3 is 0 Å². The number of guanidine groups is 1. The van der Waals surface area contributed by atoms with Gasteiger partial charge < -0.3 is 10.6 Å². The van der Waals surface area contributed by atoms with Crippen molar-refractivity contribution in [3.8, 4) is 5.82 Å². The largest absolute Gasteiger partial charge is 0.352 e. The summed E-state index contributed by atoms with van der Waals surface area (Å²) in [5.41, 5.74) is 3.65. The van der Waals surface area contributed by atoms with Crippen LogP contribution in [0.3, 0.4) is 0 Å². The van der Waals surface area contributed by atoms with Gasteiger partial charge in [-0.1, -0.05) is 12.1 Å². The van der Waals surface area contributed by atoms with Crippen LogP contribution in [0.5, 0.6) is 0 Å². The van der Waals surface area contributed by atoms with E-state index in [9.17, 15) is 0 Å². The minimum Gasteiger partial charge on any atom is -0.352 e. The lowest BCUT2D eigenvalue weighted by Gasteiger charge is -2.14. The number of nitrogens with one attached hydrogen (secondary N) is 2. The van der Waals surface area contributed by atoms with Crippen molar-refractivity contribution in [2.24, 2.45) is 4.99 Å². The molecule has 2 heterocycles. The maximum Gasteiger partial charge on any atom is 0.191 e. The molecule has 0 radical (unpaired) electrons. The summed E-state index contributed by atoms with van der Waals surface area (Å²) in [4.78, 5) is 9.96. The van der Waals surface area contributed by atoms with Crippen molar-refractivity contribution < 1.29 is 0 Å². The highest BCUT2D eigenvalue weighted by Gasteiger charge is 2.05. The molecule has 0 aliphatic carbocycles. The molecule has 0 aliphatic heterocycles. The molecule has 0 saturated heterocycles. The van der Waals surface area contributed by atoms with Gasteiger partial charge in [0, 0.05) is 43.6 Å². The molecule has 0 unspecified atom stereocenters. The first-order chi connectivity index (χ1) is 13.2. The standard InChI is InChI=1S/C20H24N6S.HI/c1-15-5-6-17(18(11-15)27-3)14-24-20(21-2)23-13-16-7-9-22-19(12-16)26-10-4-8-25-26;/h4-12H,13-14H2,1-3H3,(H2,21,23,24);1H. The maximum absolute atomic E-state index is 4.36. The quantitative estimate of drug-likeness (QED) is 0.230. The van der Waals surface area contributed by atoms with E-state index in [-0.39, 0.29) is 24.0 Å². The van der Waals surface area contributed by atoms with Crippen LogP contribution in [0, 0.1) is 6.92 Å². The highest BCUT2D eigenvalue weighted by molar-refractivity contribution is 14.0. The Morgan fingerprint density at radius 3 is 2.68 bits per heavy atom. The molecule has 1 aromatic carbocycles. The normalized spacial score (nSPS) is 11.0. The van der Waals surface area contributed by atoms with Crippen LogP contribution >= 0.6 is 35.7 Å². The molecule has 28 heavy (non-hydrogen) atoms. The molecule has 2 aromatic heterocycles. The van der Waals surface area contributed by atoms with Crippen LogP contribution in [0.15, 0.2) is 64.9 Å². The Balaban J connectivity index is 0.00000280. The number of hydrogen-bond acceptors (Lipinski definition) is 4. The highest BCUT2D eigenvalue weighted by atomic mass is 127. The molecule has 148 valence electrons. The molecule has 0 fully saturated rings. The number of rotatable bonds is 6. The van der Waals surface area contributed by atoms with E-state index in [1.807, 2.05) is 24.4 Å². The second kappa shape index (κ2) is 11.1. The number of halogens is 1. The third-order valence-corrected chi connectivity index (χ3v) is 4.94. The predicted octanol–water partition coefficient (Wildman–Crippen LogP) is 3.78. The van der Waals surface area contributed by atoms with Crippen LogP contribution in [0.25, 0.3) is 5.82 Å². The molecule has 0 spiro atoms. The van der Waals surface area contributed by atoms with Gasteiger partial charge in [-0.25, -0.2) is 9.67 Å². The zero-order chi connectivity index (χ0) is 19.1. The summed E-state index contributed by atoms with van der Waals surface area (Å²) in [6.45, 7) is 3.49. The van der Waals surface area contributed by atoms with E-state index in [0.717, 1.165) is 23.9 Å². The van der Waals surface area contributed by atoms with Crippen LogP contribution < -0.4 is 10.6 Å². The summed E-state index contributed by atoms with van der Waals surface area (Å²) in [5, 5.41) is 11.0. The summed E-state index contributed by atoms with van der Waals surface area (Å²) in [6, 6.07) is 12.4. The monoisotopic (exact) mass is 508 g/mol. The minimum absolute atomic E-state index is 0. The van der Waals surface area contributed by atoms with Crippen molar-refractivity contribution in [3.63, 3.8) is 0 Å². The number of benzene rings is 1. The lowest BCUT2D eigenvalue weighted by Crippen LogP contribution is -2.36. The first kappa shape index (κ1) is 22.2. The molecule has 0 aliphatic rings. The van der Waals surface area contributed by atoms with Gasteiger partial charge in [0.1, 0.15) is 0 Å². The Hall–Kier alpha value is -2.07. The summed E-state index contributed by atoms with van der Waals surface area (Å²) >= 11 is 1.76. The van der Waals surface area contributed by atoms with E-state index >= 15 is 0 Å². The number of hydrogen-bond donors (Lipinski definition) is 2. The Morgan fingerprint density at radius 1 is 1.14 bits per heavy atom. The molecule has 0 amide bonds. The third kappa shape index (κ3) is 5.96. The molecule has 0 atom stereocenters. The van der Waals surface area contributed by atoms with E-state index in [1.165, 1.54) is 16.0 Å². The maximum atomic E-state index is 4.36. The zero-order valence-corrected chi connectivity index (χ0v) is 19.4. The number of thioether (sulfide) groups is 1. The highest BCUT2D eigenvalue weighted by Crippen LogP contribution is 2.21. The number of aryl methyl sites for hydroxylation is 1. The van der Waals surface area contributed by atoms with Crippen LogP contribution in [-0.4, -0.2) is 34.0 Å². The topological polar surface area (TPSA) is 67.1 Å². The SMILES string of the molecule is CN=C(NCc1ccnc(-n2cccn2)c1)NCc1ccc(C)cc1SC.I. The van der Waals surface area contributed by atoms with E-state index in [4.69, 9.17) is 0 Å². The van der Waals surface area contributed by atoms with Crippen LogP contribution in [0.2, 0.25) is 0 Å². The Labute approximate surface area is 187 Å². The molecule has 3 rings (SSSR count). The van der Waals surface area contributed by atoms with Crippen molar-refractivity contribution in [2.45, 2.75) is 24.9 Å². The summed E-state index contributed by atoms with van der Waals surface area (Å²) < 4.78 is 1.75. The second-order valence-electron chi connectivity index (χ2n) is 6.07. The van der Waals surface area contributed by atoms with Crippen molar-refractivity contribution >= 4 is 41.7 Å². The van der Waals surface area contributed by atoms with Crippen molar-refractivity contribution in [1.82, 2.24) is 25.4 Å². The van der Waals surface area contributed by atoms with Crippen LogP contribution in [0.1, 0.15) is 16.7 Å². The summed E-state index contributed by atoms with van der Waals surface area (Å²) in [7, 11) is 1.78. The van der Waals surface area contributed by atoms with E-state index < -0.39 is 0 Å². The second-order valence-corrected chi connectivity index (χ2v) is 6.92. The number of aromatic nitrogens is 3. The first-order valence-electron chi connectivity index (χ1n) is 8.72. The van der Waals surface area contributed by atoms with Gasteiger partial charge in [-0.2, -0.15) is 5.10 Å². The van der Waals surface area contributed by atoms with Gasteiger partial charge in [0.15, 0.2) is 11.8 Å². The fourth-order valence-electron chi connectivity index (χ4n) is 2.68. The molecule has 3 aromatic rings. The molecule has 0 bridgehead atoms. The van der Waals surface area contributed by atoms with Gasteiger partial charge in [0.2, 0.25) is 0 Å². The molecule has 2 N–H and O–H groups in total. The molecule has 8 heteroatoms. The zero-order valence-electron chi connectivity index (χ0n) is 16.2. The number of nitrogens with zero attached hydrogens (tertiary/aromatic N) is 4. The summed E-state index contributed by atoms with van der Waals surface area (Å²) in [5.74, 6) is 1.56. The van der Waals surface area contributed by atoms with Crippen molar-refractivity contribution in [3.05, 3.63) is 71.7 Å². The van der Waals surface area contributed by atoms with Crippen LogP contribution in [-0.2, 0) is 13.1 Å². The van der Waals surface area contributed by atoms with Gasteiger partial charge in [-0.3, -0.25) is 4.99 Å². The van der Waals surface area contributed by atoms with Crippen molar-refractivity contribution in [2.75, 3.05) is 13.3 Å². The Kier molecular flexibility index (Phi) is 8.78. The number of pyridine rings is 1. The average Bonchev–Trinajstić information content (AvgIpc) is 3.24. The van der Waals surface area contributed by atoms with Gasteiger partial charge in [-0.05, 0) is 54.1 Å². The fourth-order valence-corrected chi connectivity index (χ4v) is 3.39. The van der Waals surface area contributed by atoms with E-state index in [2.05, 4.69) is 57.1 Å². The van der Waals surface area contributed by atoms with E-state index in [1.54, 1.807) is 35.9 Å². The van der Waals surface area contributed by atoms with Gasteiger partial charge in [-0.15, -0.1) is 35.7 Å². The Morgan fingerprint density at radius 2 is 1.96 bits per heavy atom. The molecule has 6 nitrogen and oxygen atoms in total. The Bertz CT molecular complexity index is 911. The van der Waals surface area contributed by atoms with Crippen LogP contribution in [0.4, 0.5) is 0 Å². The smallest absolute Gasteiger partial charge is 0.191 e. The first-order valence-corrected chi connectivity index (χ1v) is 9.95. The lowest BCUT2D eigenvalue weighted by atomic mass is 10.1. The predicted molar refractivity (Wildman–Crippen MR) is 127 cm³/mol. The average molecular weight is 508 g/mol. The molecule has 0 saturated carbocycles. The third-order valence-electron chi connectivity index (χ3n) is 4.12. The van der Waals surface area contributed by atoms with Gasteiger partial charge in [0.25, 0.3) is 0 Å². The molecular weight excluding hydrogens is 483 g/mol. The molecular formula is C20H25IN6S. The van der Waals surface area contributed by atoms with Crippen molar-refractivity contribution in [1.29, 1.82) is 0 Å². The van der Waals surface area contributed by atoms with Gasteiger partial charge in [0.05, 0.1) is 0 Å². The fraction of sp³-hybridized carbons (Fsp3) is 0.250. The van der Waals surface area contributed by atoms with E-state index in [0.29, 0.717) is 6.54 Å². The number of aliphatic imine (C=N–C) groups is 1. The summed E-state index contributed by atoms with van der Waals surface area (Å²) in [6.07, 6.45) is 7.52. The minimum atomic E-state index is 0.